The predicted octanol–water partition coefficient (Wildman–Crippen LogP) is 5.66. The van der Waals surface area contributed by atoms with Crippen molar-refractivity contribution in [3.63, 3.8) is 0 Å². The van der Waals surface area contributed by atoms with Gasteiger partial charge in [-0.25, -0.2) is 8.42 Å². The average Bonchev–Trinajstić information content (AvgIpc) is 3.25. The van der Waals surface area contributed by atoms with E-state index < -0.39 is 89.1 Å². The number of phenolic OH excluding ortho intramolecular Hbond substituents is 2. The number of sulfone groups is 1. The average molecular weight is 953 g/mol. The van der Waals surface area contributed by atoms with Crippen LogP contribution in [0.15, 0.2) is 127 Å². The molecule has 0 bridgehead atoms. The number of Topliss-reactive ketones (excluding diaryl/α,β-unsaturated/α-hetero) is 2. The van der Waals surface area contributed by atoms with Crippen LogP contribution in [-0.4, -0.2) is 123 Å². The van der Waals surface area contributed by atoms with E-state index in [0.29, 0.717) is 17.2 Å². The molecule has 6 N–H and O–H groups in total. The monoisotopic (exact) mass is 952 g/mol. The van der Waals surface area contributed by atoms with Gasteiger partial charge in [-0.1, -0.05) is 30.3 Å². The molecule has 3 amide bonds. The van der Waals surface area contributed by atoms with Crippen LogP contribution >= 0.6 is 0 Å². The van der Waals surface area contributed by atoms with Crippen molar-refractivity contribution in [1.82, 2.24) is 0 Å². The number of benzene rings is 5. The van der Waals surface area contributed by atoms with Crippen LogP contribution < -0.4 is 25.4 Å². The molecule has 0 saturated carbocycles. The van der Waals surface area contributed by atoms with Gasteiger partial charge in [0, 0.05) is 41.4 Å². The molecule has 66 heavy (non-hydrogen) atoms. The van der Waals surface area contributed by atoms with Gasteiger partial charge in [-0.2, -0.15) is 28.9 Å². The van der Waals surface area contributed by atoms with Crippen LogP contribution in [0.1, 0.15) is 24.2 Å². The number of aromatic hydroxyl groups is 2. The predicted molar refractivity (Wildman–Crippen MR) is 239 cm³/mol. The Kier molecular flexibility index (Phi) is 17.1. The molecule has 0 aliphatic heterocycles. The molecule has 5 aromatic rings. The zero-order valence-corrected chi connectivity index (χ0v) is 39.5. The number of rotatable bonds is 17. The molecule has 339 valence electrons. The Morgan fingerprint density at radius 1 is 0.606 bits per heavy atom. The minimum Gasteiger partial charge on any atom is -0.506 e. The van der Waals surface area contributed by atoms with Crippen LogP contribution in [0.5, 0.6) is 23.0 Å². The van der Waals surface area contributed by atoms with E-state index in [1.807, 2.05) is 0 Å². The molecule has 5 rings (SSSR count). The number of anilines is 3. The Hall–Kier alpha value is -6.89. The molecule has 5 aromatic carbocycles. The van der Waals surface area contributed by atoms with Crippen LogP contribution in [0.3, 0.4) is 0 Å². The molecular weight excluding hydrogens is 914 g/mol. The molecule has 0 aliphatic rings. The summed E-state index contributed by atoms with van der Waals surface area (Å²) in [5, 5.41) is 43.4. The van der Waals surface area contributed by atoms with Crippen molar-refractivity contribution in [2.24, 2.45) is 20.5 Å². The van der Waals surface area contributed by atoms with E-state index in [2.05, 4.69) is 36.4 Å². The number of hydrogen-bond acceptors (Lipinski definition) is 17. The first-order valence-corrected chi connectivity index (χ1v) is 22.0. The number of hydrogen-bond donors (Lipinski definition) is 6. The number of methoxy groups -OCH3 is 2. The topological polar surface area (TPSA) is 318 Å². The maximum Gasteiger partial charge on any atom is 0.294 e. The Balaban J connectivity index is 0.00000952. The number of carbonyl (C=O) groups excluding carboxylic acids is 5. The zero-order valence-electron chi connectivity index (χ0n) is 35.8. The maximum atomic E-state index is 13.4. The first-order valence-electron chi connectivity index (χ1n) is 18.7. The molecule has 21 nitrogen and oxygen atoms in total. The number of azo groups is 2. The molecule has 0 aromatic heterocycles. The van der Waals surface area contributed by atoms with Crippen LogP contribution in [0.25, 0.3) is 11.1 Å². The van der Waals surface area contributed by atoms with Gasteiger partial charge in [0.05, 0.1) is 41.1 Å². The molecule has 24 heteroatoms. The summed E-state index contributed by atoms with van der Waals surface area (Å²) in [4.78, 5) is 63.6. The van der Waals surface area contributed by atoms with Gasteiger partial charge in [-0.15, -0.1) is 0 Å². The second kappa shape index (κ2) is 21.9. The van der Waals surface area contributed by atoms with Gasteiger partial charge < -0.3 is 35.6 Å². The van der Waals surface area contributed by atoms with Crippen LogP contribution in [0.4, 0.5) is 28.4 Å². The molecule has 0 aliphatic carbocycles. The SMILES string of the molecule is COc1cc(-c2ccc(NC(=O)C(N=Nc3cc(S(=O)(=O)O)cc(NC(=O)c4ccccc4)c3O)C(C)=O)c(OC)c2)ccc1NC(=O)C(N=Nc1cc(S(C)(=O)=O)ccc1O)C(C)=O.[Na]. The van der Waals surface area contributed by atoms with Gasteiger partial charge in [-0.3, -0.25) is 28.5 Å². The number of nitrogens with one attached hydrogen (secondary N) is 3. The summed E-state index contributed by atoms with van der Waals surface area (Å²) in [6.07, 6.45) is 0.951. The van der Waals surface area contributed by atoms with Gasteiger partial charge in [0.1, 0.15) is 28.6 Å². The minimum atomic E-state index is -4.93. The second-order valence-electron chi connectivity index (χ2n) is 13.8. The summed E-state index contributed by atoms with van der Waals surface area (Å²) in [6.45, 7) is 2.12. The largest absolute Gasteiger partial charge is 0.506 e. The number of amides is 3. The van der Waals surface area contributed by atoms with Crippen molar-refractivity contribution in [2.45, 2.75) is 35.7 Å². The molecular formula is C42H39N7NaO14S2. The zero-order chi connectivity index (χ0) is 47.8. The second-order valence-corrected chi connectivity index (χ2v) is 17.3. The number of ketones is 2. The van der Waals surface area contributed by atoms with E-state index in [1.54, 1.807) is 36.4 Å². The standard InChI is InChI=1S/C42H39N7O14S2.Na/c1-22(50)37(48-46-31-19-27(64(5,57)58)13-16-34(31)52)41(55)43-29-14-11-25(17-35(29)62-3)26-12-15-30(36(18-26)63-4)44-42(56)38(23(2)51)49-47-33-21-28(65(59,60)61)20-32(39(33)53)45-40(54)24-9-7-6-8-10-24;/h6-21,37-38,52-53H,1-5H3,(H,43,55)(H,44,56)(H,45,54)(H,59,60,61);. The summed E-state index contributed by atoms with van der Waals surface area (Å²) in [6, 6.07) is 18.0. The smallest absolute Gasteiger partial charge is 0.294 e. The van der Waals surface area contributed by atoms with E-state index in [4.69, 9.17) is 9.47 Å². The first-order chi connectivity index (χ1) is 30.6. The van der Waals surface area contributed by atoms with Gasteiger partial charge >= 0.3 is 0 Å². The number of nitrogens with zero attached hydrogens (tertiary/aromatic N) is 4. The summed E-state index contributed by atoms with van der Waals surface area (Å²) < 4.78 is 68.8. The molecule has 2 unspecified atom stereocenters. The van der Waals surface area contributed by atoms with E-state index >= 15 is 0 Å². The molecule has 0 spiro atoms. The third kappa shape index (κ3) is 12.9. The van der Waals surface area contributed by atoms with E-state index in [1.165, 1.54) is 44.6 Å². The maximum absolute atomic E-state index is 13.4. The molecule has 0 fully saturated rings. The summed E-state index contributed by atoms with van der Waals surface area (Å²) in [5.74, 6) is -5.22. The quantitative estimate of drug-likeness (QED) is 0.0215. The minimum absolute atomic E-state index is 0. The Bertz CT molecular complexity index is 3000. The van der Waals surface area contributed by atoms with Crippen molar-refractivity contribution in [3.8, 4) is 34.1 Å². The summed E-state index contributed by atoms with van der Waals surface area (Å²) in [7, 11) is -5.97. The molecule has 1 radical (unpaired) electrons. The van der Waals surface area contributed by atoms with Crippen LogP contribution in [0.2, 0.25) is 0 Å². The summed E-state index contributed by atoms with van der Waals surface area (Å²) >= 11 is 0. The Morgan fingerprint density at radius 3 is 1.55 bits per heavy atom. The Labute approximate surface area is 399 Å². The van der Waals surface area contributed by atoms with Crippen molar-refractivity contribution in [3.05, 3.63) is 103 Å². The Morgan fingerprint density at radius 2 is 1.09 bits per heavy atom. The van der Waals surface area contributed by atoms with E-state index in [0.717, 1.165) is 44.4 Å². The number of phenols is 2. The van der Waals surface area contributed by atoms with E-state index in [-0.39, 0.29) is 68.6 Å². The molecule has 0 saturated heterocycles. The van der Waals surface area contributed by atoms with Gasteiger partial charge in [-0.05, 0) is 91.7 Å². The van der Waals surface area contributed by atoms with Crippen LogP contribution in [0, 0.1) is 0 Å². The van der Waals surface area contributed by atoms with Crippen molar-refractivity contribution in [1.29, 1.82) is 0 Å². The van der Waals surface area contributed by atoms with Gasteiger partial charge in [0.25, 0.3) is 27.8 Å². The van der Waals surface area contributed by atoms with E-state index in [9.17, 15) is 55.6 Å². The number of carbonyl (C=O) groups is 5. The fourth-order valence-corrected chi connectivity index (χ4v) is 6.91. The third-order valence-electron chi connectivity index (χ3n) is 9.10. The fraction of sp³-hybridized carbons (Fsp3) is 0.167. The number of ether oxygens (including phenoxy) is 2. The van der Waals surface area contributed by atoms with Crippen molar-refractivity contribution < 1.29 is 65.0 Å². The van der Waals surface area contributed by atoms with Gasteiger partial charge in [0.2, 0.25) is 12.1 Å². The summed E-state index contributed by atoms with van der Waals surface area (Å²) in [5.41, 5.74) is -0.0217. The third-order valence-corrected chi connectivity index (χ3v) is 11.0. The van der Waals surface area contributed by atoms with Crippen molar-refractivity contribution >= 4 is 107 Å². The normalized spacial score (nSPS) is 12.4. The fourth-order valence-electron chi connectivity index (χ4n) is 5.74. The molecule has 0 heterocycles. The molecule has 2 atom stereocenters. The van der Waals surface area contributed by atoms with Crippen molar-refractivity contribution in [2.75, 3.05) is 36.4 Å². The van der Waals surface area contributed by atoms with Crippen LogP contribution in [-0.2, 0) is 39.1 Å². The van der Waals surface area contributed by atoms with Gasteiger partial charge in [0.15, 0.2) is 27.2 Å². The first kappa shape index (κ1) is 51.7.